The second kappa shape index (κ2) is 8.81. The first-order chi connectivity index (χ1) is 17.8. The maximum absolute atomic E-state index is 14.9. The van der Waals surface area contributed by atoms with Gasteiger partial charge < -0.3 is 9.32 Å². The molecule has 0 aliphatic carbocycles. The molecule has 3 aliphatic rings. The van der Waals surface area contributed by atoms with Crippen molar-refractivity contribution in [2.45, 2.75) is 19.4 Å². The van der Waals surface area contributed by atoms with E-state index in [2.05, 4.69) is 16.0 Å². The Labute approximate surface area is 214 Å². The molecule has 1 fully saturated rings. The summed E-state index contributed by atoms with van der Waals surface area (Å²) >= 11 is 0. The van der Waals surface area contributed by atoms with Crippen LogP contribution in [0.3, 0.4) is 0 Å². The number of carbonyl (C=O) groups is 2. The molecule has 0 bridgehead atoms. The third kappa shape index (κ3) is 4.07. The fourth-order valence-electron chi connectivity index (χ4n) is 5.48. The molecule has 0 unspecified atom stereocenters. The second-order valence-electron chi connectivity index (χ2n) is 10.2. The average Bonchev–Trinajstić information content (AvgIpc) is 3.51. The van der Waals surface area contributed by atoms with Gasteiger partial charge in [-0.15, -0.1) is 0 Å². The summed E-state index contributed by atoms with van der Waals surface area (Å²) in [6.45, 7) is 7.11. The predicted molar refractivity (Wildman–Crippen MR) is 140 cm³/mol. The Bertz CT molecular complexity index is 1440. The fourth-order valence-corrected chi connectivity index (χ4v) is 5.48. The highest BCUT2D eigenvalue weighted by atomic mass is 19.1. The van der Waals surface area contributed by atoms with Crippen LogP contribution in [0.25, 0.3) is 5.57 Å². The van der Waals surface area contributed by atoms with Gasteiger partial charge in [-0.05, 0) is 55.8 Å². The van der Waals surface area contributed by atoms with Crippen LogP contribution in [0.15, 0.2) is 76.3 Å². The van der Waals surface area contributed by atoms with E-state index in [1.165, 1.54) is 18.4 Å². The molecule has 4 heterocycles. The third-order valence-corrected chi connectivity index (χ3v) is 7.19. The summed E-state index contributed by atoms with van der Waals surface area (Å²) in [5.41, 5.74) is 3.22. The molecule has 0 N–H and O–H groups in total. The number of carbonyl (C=O) groups excluding carboxylic acids is 2. The van der Waals surface area contributed by atoms with Gasteiger partial charge in [0.25, 0.3) is 11.8 Å². The van der Waals surface area contributed by atoms with E-state index in [9.17, 15) is 14.0 Å². The fraction of sp³-hybridized carbons (Fsp3) is 0.276. The summed E-state index contributed by atoms with van der Waals surface area (Å²) in [5, 5.41) is 0. The van der Waals surface area contributed by atoms with E-state index in [4.69, 9.17) is 4.42 Å². The number of halogens is 1. The van der Waals surface area contributed by atoms with Crippen LogP contribution in [0.5, 0.6) is 0 Å². The van der Waals surface area contributed by atoms with Gasteiger partial charge in [0, 0.05) is 43.9 Å². The smallest absolute Gasteiger partial charge is 0.289 e. The average molecular weight is 499 g/mol. The number of piperazine rings is 1. The summed E-state index contributed by atoms with van der Waals surface area (Å²) in [6.07, 6.45) is 3.56. The Morgan fingerprint density at radius 1 is 1.03 bits per heavy atom. The lowest BCUT2D eigenvalue weighted by Gasteiger charge is -2.41. The number of nitrogens with zero attached hydrogens (tertiary/aromatic N) is 4. The topological polar surface area (TPSA) is 69.4 Å². The van der Waals surface area contributed by atoms with Crippen LogP contribution in [-0.4, -0.2) is 65.6 Å². The summed E-state index contributed by atoms with van der Waals surface area (Å²) in [6, 6.07) is 15.6. The van der Waals surface area contributed by atoms with Crippen molar-refractivity contribution in [3.05, 3.63) is 89.6 Å². The molecule has 2 amide bonds. The van der Waals surface area contributed by atoms with Crippen molar-refractivity contribution < 1.29 is 18.4 Å². The number of amides is 2. The Morgan fingerprint density at radius 2 is 1.76 bits per heavy atom. The van der Waals surface area contributed by atoms with Gasteiger partial charge in [0.2, 0.25) is 0 Å². The standard InChI is InChI=1S/C29H27FN4O3/c1-29(2)17-19(18-32-10-12-33(13-11-32)27(35)24-9-6-14-37-24)22-15-20(30)16-23-25(28(36)34(29)26(22)23)31-21-7-4-3-5-8-21/h3-9,14-17H,10-13,18H2,1-2H3. The summed E-state index contributed by atoms with van der Waals surface area (Å²) < 4.78 is 20.2. The van der Waals surface area contributed by atoms with Gasteiger partial charge in [0.15, 0.2) is 5.76 Å². The van der Waals surface area contributed by atoms with Gasteiger partial charge in [-0.1, -0.05) is 24.3 Å². The quantitative estimate of drug-likeness (QED) is 0.531. The molecule has 3 aromatic rings. The van der Waals surface area contributed by atoms with E-state index in [0.717, 1.165) is 16.8 Å². The molecule has 0 atom stereocenters. The molecule has 0 radical (unpaired) electrons. The van der Waals surface area contributed by atoms with E-state index >= 15 is 0 Å². The van der Waals surface area contributed by atoms with Crippen LogP contribution in [0.4, 0.5) is 15.8 Å². The van der Waals surface area contributed by atoms with Gasteiger partial charge in [0.1, 0.15) is 11.5 Å². The highest BCUT2D eigenvalue weighted by Gasteiger charge is 2.46. The highest BCUT2D eigenvalue weighted by Crippen LogP contribution is 2.46. The van der Waals surface area contributed by atoms with E-state index < -0.39 is 11.4 Å². The molecule has 0 spiro atoms. The zero-order valence-electron chi connectivity index (χ0n) is 20.8. The van der Waals surface area contributed by atoms with Crippen molar-refractivity contribution >= 4 is 34.5 Å². The van der Waals surface area contributed by atoms with Crippen molar-refractivity contribution in [1.82, 2.24) is 9.80 Å². The van der Waals surface area contributed by atoms with E-state index in [-0.39, 0.29) is 17.5 Å². The highest BCUT2D eigenvalue weighted by molar-refractivity contribution is 6.55. The molecular weight excluding hydrogens is 471 g/mol. The molecule has 8 heteroatoms. The molecule has 3 aliphatic heterocycles. The first kappa shape index (κ1) is 23.4. The van der Waals surface area contributed by atoms with Gasteiger partial charge in [0.05, 0.1) is 23.2 Å². The molecule has 1 saturated heterocycles. The van der Waals surface area contributed by atoms with Crippen molar-refractivity contribution in [3.8, 4) is 0 Å². The Hall–Kier alpha value is -4.04. The largest absolute Gasteiger partial charge is 0.459 e. The first-order valence-electron chi connectivity index (χ1n) is 12.4. The number of furan rings is 1. The number of benzene rings is 2. The summed E-state index contributed by atoms with van der Waals surface area (Å²) in [7, 11) is 0. The van der Waals surface area contributed by atoms with Crippen molar-refractivity contribution in [1.29, 1.82) is 0 Å². The van der Waals surface area contributed by atoms with E-state index in [1.54, 1.807) is 21.9 Å². The Kier molecular flexibility index (Phi) is 5.56. The lowest BCUT2D eigenvalue weighted by Crippen LogP contribution is -2.50. The monoisotopic (exact) mass is 498 g/mol. The molecule has 1 aromatic heterocycles. The van der Waals surface area contributed by atoms with Crippen LogP contribution in [0.1, 0.15) is 35.5 Å². The Balaban J connectivity index is 1.30. The van der Waals surface area contributed by atoms with Crippen LogP contribution >= 0.6 is 0 Å². The number of rotatable bonds is 4. The van der Waals surface area contributed by atoms with Crippen LogP contribution in [0, 0.1) is 5.82 Å². The van der Waals surface area contributed by atoms with Crippen LogP contribution < -0.4 is 4.90 Å². The summed E-state index contributed by atoms with van der Waals surface area (Å²) in [5.74, 6) is -0.386. The SMILES string of the molecule is CC1(C)C=C(CN2CCN(C(=O)c3ccco3)CC2)c2cc(F)cc3c2N1C(=O)C3=Nc1ccccc1. The molecular formula is C29H27FN4O3. The van der Waals surface area contributed by atoms with E-state index in [0.29, 0.717) is 49.7 Å². The number of para-hydroxylation sites is 1. The number of aliphatic imine (C=N–C) groups is 1. The molecule has 37 heavy (non-hydrogen) atoms. The Morgan fingerprint density at radius 3 is 2.46 bits per heavy atom. The molecule has 0 saturated carbocycles. The van der Waals surface area contributed by atoms with Gasteiger partial charge >= 0.3 is 0 Å². The molecule has 7 nitrogen and oxygen atoms in total. The normalized spacial score (nSPS) is 19.8. The van der Waals surface area contributed by atoms with Crippen LogP contribution in [-0.2, 0) is 4.79 Å². The predicted octanol–water partition coefficient (Wildman–Crippen LogP) is 4.52. The lowest BCUT2D eigenvalue weighted by molar-refractivity contribution is -0.112. The van der Waals surface area contributed by atoms with Gasteiger partial charge in [-0.3, -0.25) is 19.4 Å². The first-order valence-corrected chi connectivity index (χ1v) is 12.4. The van der Waals surface area contributed by atoms with Crippen LogP contribution in [0.2, 0.25) is 0 Å². The number of hydrogen-bond acceptors (Lipinski definition) is 5. The zero-order chi connectivity index (χ0) is 25.7. The minimum absolute atomic E-state index is 0.106. The van der Waals surface area contributed by atoms with E-state index in [1.807, 2.05) is 44.2 Å². The number of anilines is 1. The van der Waals surface area contributed by atoms with Crippen molar-refractivity contribution in [2.75, 3.05) is 37.6 Å². The minimum atomic E-state index is -0.614. The zero-order valence-corrected chi connectivity index (χ0v) is 20.8. The van der Waals surface area contributed by atoms with Crippen molar-refractivity contribution in [2.24, 2.45) is 4.99 Å². The lowest BCUT2D eigenvalue weighted by atomic mass is 9.88. The van der Waals surface area contributed by atoms with Gasteiger partial charge in [-0.2, -0.15) is 0 Å². The number of hydrogen-bond donors (Lipinski definition) is 0. The van der Waals surface area contributed by atoms with Crippen molar-refractivity contribution in [3.63, 3.8) is 0 Å². The molecule has 188 valence electrons. The maximum atomic E-state index is 14.9. The molecule has 2 aromatic carbocycles. The third-order valence-electron chi connectivity index (χ3n) is 7.19. The van der Waals surface area contributed by atoms with Gasteiger partial charge in [-0.25, -0.2) is 9.38 Å². The summed E-state index contributed by atoms with van der Waals surface area (Å²) in [4.78, 5) is 36.6. The second-order valence-corrected chi connectivity index (χ2v) is 10.2. The molecule has 6 rings (SSSR count). The minimum Gasteiger partial charge on any atom is -0.459 e. The maximum Gasteiger partial charge on any atom is 0.289 e.